The molecule has 1 heterocycles. The monoisotopic (exact) mass is 342 g/mol. The van der Waals surface area contributed by atoms with Gasteiger partial charge in [0.25, 0.3) is 0 Å². The lowest BCUT2D eigenvalue weighted by molar-refractivity contribution is -0.137. The molecule has 3 rings (SSSR count). The number of hydrogen-bond acceptors (Lipinski definition) is 2. The molecule has 1 aromatic heterocycles. The first kappa shape index (κ1) is 15.5. The first-order valence-electron chi connectivity index (χ1n) is 6.47. The van der Waals surface area contributed by atoms with Crippen LogP contribution < -0.4 is 10.4 Å². The van der Waals surface area contributed by atoms with Gasteiger partial charge in [-0.25, -0.2) is 4.79 Å². The molecular weight excluding hydrogens is 333 g/mol. The summed E-state index contributed by atoms with van der Waals surface area (Å²) in [6.07, 6.45) is -4.49. The number of alkyl halides is 3. The van der Waals surface area contributed by atoms with Crippen molar-refractivity contribution in [1.29, 1.82) is 0 Å². The fourth-order valence-electron chi connectivity index (χ4n) is 2.37. The fraction of sp³-hybridized carbons (Fsp3) is 0.133. The van der Waals surface area contributed by atoms with Gasteiger partial charge in [-0.1, -0.05) is 11.6 Å². The third-order valence-corrected chi connectivity index (χ3v) is 3.63. The Morgan fingerprint density at radius 2 is 1.91 bits per heavy atom. The maximum Gasteiger partial charge on any atom is 0.416 e. The molecule has 23 heavy (non-hydrogen) atoms. The number of hydrogen-bond donors (Lipinski definition) is 1. The second kappa shape index (κ2) is 5.34. The molecule has 0 atom stereocenters. The highest BCUT2D eigenvalue weighted by Crippen LogP contribution is 2.32. The Morgan fingerprint density at radius 1 is 1.17 bits per heavy atom. The Labute approximate surface area is 133 Å². The van der Waals surface area contributed by atoms with Crippen molar-refractivity contribution < 1.29 is 17.9 Å². The van der Waals surface area contributed by atoms with E-state index < -0.39 is 17.4 Å². The van der Waals surface area contributed by atoms with E-state index in [1.54, 1.807) is 12.1 Å². The maximum absolute atomic E-state index is 12.8. The van der Waals surface area contributed by atoms with Crippen molar-refractivity contribution in [1.82, 2.24) is 9.55 Å². The van der Waals surface area contributed by atoms with Crippen LogP contribution in [0.1, 0.15) is 5.56 Å². The van der Waals surface area contributed by atoms with Crippen LogP contribution in [0.25, 0.3) is 16.7 Å². The normalized spacial score (nSPS) is 11.9. The van der Waals surface area contributed by atoms with Crippen LogP contribution in [0.2, 0.25) is 5.02 Å². The van der Waals surface area contributed by atoms with Gasteiger partial charge in [-0.3, -0.25) is 4.57 Å². The molecular formula is C15H10ClF3N2O2. The molecule has 0 saturated carbocycles. The van der Waals surface area contributed by atoms with Crippen LogP contribution in [0.15, 0.2) is 41.2 Å². The Kier molecular flexibility index (Phi) is 3.60. The van der Waals surface area contributed by atoms with Crippen LogP contribution in [-0.4, -0.2) is 16.7 Å². The van der Waals surface area contributed by atoms with Gasteiger partial charge in [0.1, 0.15) is 5.75 Å². The van der Waals surface area contributed by atoms with Crippen LogP contribution in [0.3, 0.4) is 0 Å². The lowest BCUT2D eigenvalue weighted by Gasteiger charge is -2.10. The number of rotatable bonds is 2. The molecule has 0 saturated heterocycles. The Morgan fingerprint density at radius 3 is 2.57 bits per heavy atom. The van der Waals surface area contributed by atoms with Crippen molar-refractivity contribution in [2.24, 2.45) is 0 Å². The number of halogens is 4. The largest absolute Gasteiger partial charge is 0.495 e. The van der Waals surface area contributed by atoms with E-state index in [1.807, 2.05) is 0 Å². The van der Waals surface area contributed by atoms with Crippen molar-refractivity contribution in [2.45, 2.75) is 6.18 Å². The zero-order chi connectivity index (χ0) is 16.8. The van der Waals surface area contributed by atoms with E-state index in [1.165, 1.54) is 23.8 Å². The second-order valence-corrected chi connectivity index (χ2v) is 5.25. The molecule has 0 spiro atoms. The number of aromatic amines is 1. The van der Waals surface area contributed by atoms with Crippen molar-refractivity contribution in [3.63, 3.8) is 0 Å². The average Bonchev–Trinajstić information content (AvgIpc) is 2.81. The van der Waals surface area contributed by atoms with E-state index in [9.17, 15) is 18.0 Å². The summed E-state index contributed by atoms with van der Waals surface area (Å²) in [6.45, 7) is 0. The van der Waals surface area contributed by atoms with Crippen molar-refractivity contribution in [2.75, 3.05) is 7.11 Å². The predicted molar refractivity (Wildman–Crippen MR) is 80.5 cm³/mol. The third-order valence-electron chi connectivity index (χ3n) is 3.39. The van der Waals surface area contributed by atoms with Crippen LogP contribution in [0, 0.1) is 0 Å². The van der Waals surface area contributed by atoms with Gasteiger partial charge in [0.15, 0.2) is 0 Å². The molecule has 0 bridgehead atoms. The lowest BCUT2D eigenvalue weighted by atomic mass is 10.2. The average molecular weight is 343 g/mol. The molecule has 4 nitrogen and oxygen atoms in total. The van der Waals surface area contributed by atoms with Crippen LogP contribution in [0.5, 0.6) is 5.75 Å². The minimum atomic E-state index is -4.49. The summed E-state index contributed by atoms with van der Waals surface area (Å²) in [5.41, 5.74) is -0.706. The highest BCUT2D eigenvalue weighted by Gasteiger charge is 2.31. The van der Waals surface area contributed by atoms with Gasteiger partial charge < -0.3 is 9.72 Å². The third kappa shape index (κ3) is 2.68. The summed E-state index contributed by atoms with van der Waals surface area (Å²) < 4.78 is 44.8. The first-order valence-corrected chi connectivity index (χ1v) is 6.85. The van der Waals surface area contributed by atoms with E-state index in [-0.39, 0.29) is 5.52 Å². The van der Waals surface area contributed by atoms with Gasteiger partial charge in [0.05, 0.1) is 29.4 Å². The lowest BCUT2D eigenvalue weighted by Crippen LogP contribution is -2.15. The smallest absolute Gasteiger partial charge is 0.416 e. The number of H-pyrrole nitrogens is 1. The standard InChI is InChI=1S/C15H10ClF3N2O2/c1-23-13-5-3-9(16)7-12(13)21-11-4-2-8(15(17,18)19)6-10(11)20-14(21)22/h2-7H,1H3,(H,20,22). The molecule has 120 valence electrons. The zero-order valence-electron chi connectivity index (χ0n) is 11.7. The van der Waals surface area contributed by atoms with E-state index in [4.69, 9.17) is 16.3 Å². The molecule has 2 aromatic carbocycles. The molecule has 0 aliphatic rings. The summed E-state index contributed by atoms with van der Waals surface area (Å²) >= 11 is 5.95. The van der Waals surface area contributed by atoms with Crippen LogP contribution in [0.4, 0.5) is 13.2 Å². The Hall–Kier alpha value is -2.41. The number of imidazole rings is 1. The number of fused-ring (bicyclic) bond motifs is 1. The summed E-state index contributed by atoms with van der Waals surface area (Å²) in [7, 11) is 1.42. The van der Waals surface area contributed by atoms with E-state index >= 15 is 0 Å². The quantitative estimate of drug-likeness (QED) is 0.765. The molecule has 3 aromatic rings. The number of methoxy groups -OCH3 is 1. The number of nitrogens with one attached hydrogen (secondary N) is 1. The molecule has 0 unspecified atom stereocenters. The highest BCUT2D eigenvalue weighted by atomic mass is 35.5. The molecule has 8 heteroatoms. The minimum absolute atomic E-state index is 0.0758. The molecule has 0 amide bonds. The SMILES string of the molecule is COc1ccc(Cl)cc1-n1c(=O)[nH]c2cc(C(F)(F)F)ccc21. The van der Waals surface area contributed by atoms with Gasteiger partial charge >= 0.3 is 11.9 Å². The van der Waals surface area contributed by atoms with E-state index in [2.05, 4.69) is 4.98 Å². The van der Waals surface area contributed by atoms with Crippen molar-refractivity contribution >= 4 is 22.6 Å². The van der Waals surface area contributed by atoms with Gasteiger partial charge in [-0.15, -0.1) is 0 Å². The van der Waals surface area contributed by atoms with Crippen molar-refractivity contribution in [3.05, 3.63) is 57.5 Å². The second-order valence-electron chi connectivity index (χ2n) is 4.81. The van der Waals surface area contributed by atoms with Gasteiger partial charge in [0.2, 0.25) is 0 Å². The molecule has 0 fully saturated rings. The zero-order valence-corrected chi connectivity index (χ0v) is 12.5. The molecule has 1 N–H and O–H groups in total. The summed E-state index contributed by atoms with van der Waals surface area (Å²) in [4.78, 5) is 14.6. The molecule has 0 aliphatic carbocycles. The maximum atomic E-state index is 12.8. The Bertz CT molecular complexity index is 944. The Balaban J connectivity index is 2.29. The van der Waals surface area contributed by atoms with Gasteiger partial charge in [-0.2, -0.15) is 13.2 Å². The topological polar surface area (TPSA) is 47.0 Å². The predicted octanol–water partition coefficient (Wildman–Crippen LogP) is 4.00. The van der Waals surface area contributed by atoms with E-state index in [0.29, 0.717) is 22.0 Å². The number of benzene rings is 2. The molecule has 0 radical (unpaired) electrons. The summed E-state index contributed by atoms with van der Waals surface area (Å²) in [6, 6.07) is 7.72. The number of ether oxygens (including phenoxy) is 1. The summed E-state index contributed by atoms with van der Waals surface area (Å²) in [5, 5.41) is 0.369. The van der Waals surface area contributed by atoms with Gasteiger partial charge in [-0.05, 0) is 36.4 Å². The van der Waals surface area contributed by atoms with Crippen molar-refractivity contribution in [3.8, 4) is 11.4 Å². The number of nitrogens with zero attached hydrogens (tertiary/aromatic N) is 1. The fourth-order valence-corrected chi connectivity index (χ4v) is 2.53. The van der Waals surface area contributed by atoms with Gasteiger partial charge in [0, 0.05) is 5.02 Å². The van der Waals surface area contributed by atoms with Crippen LogP contribution >= 0.6 is 11.6 Å². The summed E-state index contributed by atoms with van der Waals surface area (Å²) in [5.74, 6) is 0.372. The number of aromatic nitrogens is 2. The minimum Gasteiger partial charge on any atom is -0.495 e. The van der Waals surface area contributed by atoms with E-state index in [0.717, 1.165) is 12.1 Å². The highest BCUT2D eigenvalue weighted by molar-refractivity contribution is 6.30. The van der Waals surface area contributed by atoms with Crippen LogP contribution in [-0.2, 0) is 6.18 Å². The first-order chi connectivity index (χ1) is 10.8. The molecule has 0 aliphatic heterocycles.